The van der Waals surface area contributed by atoms with Gasteiger partial charge in [-0.3, -0.25) is 9.69 Å². The van der Waals surface area contributed by atoms with Gasteiger partial charge in [-0.25, -0.2) is 9.59 Å². The number of carbonyl (C=O) groups is 3. The van der Waals surface area contributed by atoms with Crippen LogP contribution in [0.5, 0.6) is 0 Å². The molecule has 9 heteroatoms. The summed E-state index contributed by atoms with van der Waals surface area (Å²) >= 11 is 0. The first-order valence-corrected chi connectivity index (χ1v) is 10.4. The Bertz CT molecular complexity index is 999. The molecular weight excluding hydrogens is 414 g/mol. The largest absolute Gasteiger partial charge is 0.460 e. The summed E-state index contributed by atoms with van der Waals surface area (Å²) in [4.78, 5) is 39.6. The molecule has 0 bridgehead atoms. The van der Waals surface area contributed by atoms with Crippen molar-refractivity contribution >= 4 is 23.6 Å². The molecule has 32 heavy (non-hydrogen) atoms. The molecule has 2 aromatic rings. The number of amides is 3. The Kier molecular flexibility index (Phi) is 7.67. The van der Waals surface area contributed by atoms with Gasteiger partial charge in [-0.1, -0.05) is 19.1 Å². The van der Waals surface area contributed by atoms with Crippen LogP contribution in [-0.2, 0) is 14.3 Å². The predicted molar refractivity (Wildman–Crippen MR) is 117 cm³/mol. The molecular formula is C23H27N3O6. The lowest BCUT2D eigenvalue weighted by Crippen LogP contribution is -2.48. The van der Waals surface area contributed by atoms with Crippen molar-refractivity contribution in [3.8, 4) is 0 Å². The van der Waals surface area contributed by atoms with Gasteiger partial charge in [0.05, 0.1) is 24.5 Å². The molecule has 1 aliphatic heterocycles. The van der Waals surface area contributed by atoms with Crippen LogP contribution in [-0.4, -0.2) is 49.7 Å². The third-order valence-electron chi connectivity index (χ3n) is 5.01. The molecule has 9 nitrogen and oxygen atoms in total. The van der Waals surface area contributed by atoms with Gasteiger partial charge in [-0.05, 0) is 43.2 Å². The van der Waals surface area contributed by atoms with Gasteiger partial charge in [0, 0.05) is 25.0 Å². The summed E-state index contributed by atoms with van der Waals surface area (Å²) in [6.07, 6.45) is 2.15. The molecule has 0 aliphatic carbocycles. The monoisotopic (exact) mass is 441 g/mol. The number of benzene rings is 1. The third-order valence-corrected chi connectivity index (χ3v) is 5.01. The quantitative estimate of drug-likeness (QED) is 0.455. The summed E-state index contributed by atoms with van der Waals surface area (Å²) in [6, 6.07) is 9.09. The second kappa shape index (κ2) is 10.6. The molecule has 2 heterocycles. The Morgan fingerprint density at radius 3 is 2.72 bits per heavy atom. The lowest BCUT2D eigenvalue weighted by molar-refractivity contribution is -0.140. The molecule has 2 N–H and O–H groups in total. The van der Waals surface area contributed by atoms with Gasteiger partial charge in [-0.2, -0.15) is 0 Å². The maximum absolute atomic E-state index is 12.9. The number of urea groups is 1. The van der Waals surface area contributed by atoms with Crippen LogP contribution in [0.2, 0.25) is 0 Å². The minimum atomic E-state index is -0.730. The van der Waals surface area contributed by atoms with E-state index in [1.54, 1.807) is 43.3 Å². The summed E-state index contributed by atoms with van der Waals surface area (Å²) in [5, 5.41) is 5.65. The summed E-state index contributed by atoms with van der Waals surface area (Å²) in [6.45, 7) is 4.52. The number of methoxy groups -OCH3 is 1. The Morgan fingerprint density at radius 2 is 2.03 bits per heavy atom. The predicted octanol–water partition coefficient (Wildman–Crippen LogP) is 3.47. The second-order valence-corrected chi connectivity index (χ2v) is 7.22. The number of carbonyl (C=O) groups excluding carboxylic acids is 3. The zero-order chi connectivity index (χ0) is 23.1. The molecule has 1 aromatic carbocycles. The summed E-state index contributed by atoms with van der Waals surface area (Å²) in [5.41, 5.74) is 2.00. The topological polar surface area (TPSA) is 110 Å². The van der Waals surface area contributed by atoms with Crippen LogP contribution in [0.3, 0.4) is 0 Å². The molecule has 0 spiro atoms. The van der Waals surface area contributed by atoms with E-state index in [2.05, 4.69) is 10.6 Å². The average molecular weight is 441 g/mol. The van der Waals surface area contributed by atoms with E-state index in [4.69, 9.17) is 13.9 Å². The van der Waals surface area contributed by atoms with Gasteiger partial charge in [0.15, 0.2) is 5.76 Å². The highest BCUT2D eigenvalue weighted by Crippen LogP contribution is 2.32. The van der Waals surface area contributed by atoms with Gasteiger partial charge in [-0.15, -0.1) is 0 Å². The number of hydrogen-bond acceptors (Lipinski definition) is 6. The number of nitrogens with zero attached hydrogens (tertiary/aromatic N) is 1. The molecule has 1 unspecified atom stereocenters. The van der Waals surface area contributed by atoms with Crippen molar-refractivity contribution in [1.29, 1.82) is 0 Å². The maximum Gasteiger partial charge on any atom is 0.338 e. The van der Waals surface area contributed by atoms with E-state index < -0.39 is 17.9 Å². The smallest absolute Gasteiger partial charge is 0.338 e. The van der Waals surface area contributed by atoms with E-state index in [9.17, 15) is 14.4 Å². The first kappa shape index (κ1) is 23.1. The number of esters is 1. The molecule has 3 rings (SSSR count). The molecule has 1 aromatic heterocycles. The minimum Gasteiger partial charge on any atom is -0.460 e. The Hall–Kier alpha value is -3.59. The first-order chi connectivity index (χ1) is 15.5. The summed E-state index contributed by atoms with van der Waals surface area (Å²) in [7, 11) is 1.52. The number of ether oxygens (including phenoxy) is 2. The van der Waals surface area contributed by atoms with Crippen molar-refractivity contribution in [2.75, 3.05) is 32.2 Å². The molecule has 0 radical (unpaired) electrons. The molecule has 0 fully saturated rings. The fraction of sp³-hybridized carbons (Fsp3) is 0.348. The lowest BCUT2D eigenvalue weighted by atomic mass is 9.94. The normalized spacial score (nSPS) is 16.0. The van der Waals surface area contributed by atoms with Gasteiger partial charge in [0.1, 0.15) is 6.61 Å². The van der Waals surface area contributed by atoms with Crippen molar-refractivity contribution in [2.24, 2.45) is 0 Å². The van der Waals surface area contributed by atoms with Crippen LogP contribution in [0.15, 0.2) is 58.3 Å². The van der Waals surface area contributed by atoms with Crippen LogP contribution in [0.4, 0.5) is 10.5 Å². The van der Waals surface area contributed by atoms with Crippen molar-refractivity contribution in [1.82, 2.24) is 10.2 Å². The van der Waals surface area contributed by atoms with Crippen molar-refractivity contribution in [3.63, 3.8) is 0 Å². The summed E-state index contributed by atoms with van der Waals surface area (Å²) in [5.74, 6) is -0.759. The van der Waals surface area contributed by atoms with Crippen LogP contribution in [0.1, 0.15) is 42.4 Å². The van der Waals surface area contributed by atoms with E-state index in [0.717, 1.165) is 6.42 Å². The van der Waals surface area contributed by atoms with Crippen LogP contribution in [0, 0.1) is 0 Å². The van der Waals surface area contributed by atoms with Gasteiger partial charge >= 0.3 is 12.0 Å². The van der Waals surface area contributed by atoms with Crippen molar-refractivity contribution in [3.05, 3.63) is 65.3 Å². The van der Waals surface area contributed by atoms with E-state index in [1.165, 1.54) is 18.3 Å². The highest BCUT2D eigenvalue weighted by molar-refractivity contribution is 6.02. The molecule has 0 saturated heterocycles. The van der Waals surface area contributed by atoms with Gasteiger partial charge in [0.25, 0.3) is 5.91 Å². The zero-order valence-corrected chi connectivity index (χ0v) is 18.3. The van der Waals surface area contributed by atoms with E-state index in [-0.39, 0.29) is 25.0 Å². The maximum atomic E-state index is 12.9. The number of hydrogen-bond donors (Lipinski definition) is 2. The van der Waals surface area contributed by atoms with Crippen molar-refractivity contribution < 1.29 is 28.3 Å². The van der Waals surface area contributed by atoms with Crippen molar-refractivity contribution in [2.45, 2.75) is 26.3 Å². The highest BCUT2D eigenvalue weighted by atomic mass is 16.6. The molecule has 170 valence electrons. The highest BCUT2D eigenvalue weighted by Gasteiger charge is 2.36. The number of allylic oxidation sites excluding steroid dienone is 1. The SMILES string of the molecule is CCCN1C(=O)NC(c2cccc(NC(=O)c3ccco3)c2)C(C(=O)OCCOC)=C1C. The Balaban J connectivity index is 1.92. The standard InChI is InChI=1S/C23H27N3O6/c1-4-10-26-15(2)19(22(28)32-13-12-30-3)20(25-23(26)29)16-7-5-8-17(14-16)24-21(27)18-9-6-11-31-18/h5-9,11,14,20H,4,10,12-13H2,1-3H3,(H,24,27)(H,25,29). The zero-order valence-electron chi connectivity index (χ0n) is 18.3. The average Bonchev–Trinajstić information content (AvgIpc) is 3.32. The fourth-order valence-electron chi connectivity index (χ4n) is 3.48. The van der Waals surface area contributed by atoms with Crippen LogP contribution >= 0.6 is 0 Å². The Labute approximate surface area is 186 Å². The molecule has 0 saturated carbocycles. The first-order valence-electron chi connectivity index (χ1n) is 10.4. The number of anilines is 1. The van der Waals surface area contributed by atoms with Gasteiger partial charge < -0.3 is 24.5 Å². The van der Waals surface area contributed by atoms with E-state index >= 15 is 0 Å². The molecule has 1 aliphatic rings. The number of furan rings is 1. The molecule has 1 atom stereocenters. The van der Waals surface area contributed by atoms with Gasteiger partial charge in [0.2, 0.25) is 0 Å². The number of nitrogens with one attached hydrogen (secondary N) is 2. The minimum absolute atomic E-state index is 0.0970. The fourth-order valence-corrected chi connectivity index (χ4v) is 3.48. The van der Waals surface area contributed by atoms with E-state index in [1.807, 2.05) is 6.92 Å². The van der Waals surface area contributed by atoms with Crippen LogP contribution < -0.4 is 10.6 Å². The summed E-state index contributed by atoms with van der Waals surface area (Å²) < 4.78 is 15.4. The van der Waals surface area contributed by atoms with Crippen LogP contribution in [0.25, 0.3) is 0 Å². The van der Waals surface area contributed by atoms with E-state index in [0.29, 0.717) is 29.1 Å². The number of rotatable bonds is 9. The molecule has 3 amide bonds. The lowest BCUT2D eigenvalue weighted by Gasteiger charge is -2.35. The Morgan fingerprint density at radius 1 is 1.22 bits per heavy atom. The third kappa shape index (κ3) is 5.17. The second-order valence-electron chi connectivity index (χ2n) is 7.22.